The Balaban J connectivity index is 1.96. The summed E-state index contributed by atoms with van der Waals surface area (Å²) >= 11 is 1.11. The minimum atomic E-state index is -3.47. The van der Waals surface area contributed by atoms with E-state index in [4.69, 9.17) is 5.11 Å². The van der Waals surface area contributed by atoms with E-state index >= 15 is 0 Å². The summed E-state index contributed by atoms with van der Waals surface area (Å²) < 4.78 is 26.1. The van der Waals surface area contributed by atoms with Crippen molar-refractivity contribution < 1.29 is 18.3 Å². The molecule has 0 aliphatic rings. The van der Waals surface area contributed by atoms with Crippen molar-refractivity contribution in [3.63, 3.8) is 0 Å². The second-order valence-electron chi connectivity index (χ2n) is 4.00. The Kier molecular flexibility index (Phi) is 4.48. The first-order chi connectivity index (χ1) is 9.46. The first-order valence-electron chi connectivity index (χ1n) is 5.65. The molecule has 1 heterocycles. The van der Waals surface area contributed by atoms with Gasteiger partial charge in [-0.2, -0.15) is 0 Å². The molecule has 0 saturated carbocycles. The van der Waals surface area contributed by atoms with Gasteiger partial charge in [0, 0.05) is 5.38 Å². The van der Waals surface area contributed by atoms with Crippen LogP contribution < -0.4 is 4.72 Å². The summed E-state index contributed by atoms with van der Waals surface area (Å²) in [4.78, 5) is 14.5. The summed E-state index contributed by atoms with van der Waals surface area (Å²) in [6.07, 6.45) is 0. The molecule has 0 aliphatic carbocycles. The Morgan fingerprint density at radius 3 is 2.60 bits per heavy atom. The number of nitrogens with zero attached hydrogens (tertiary/aromatic N) is 1. The average molecular weight is 312 g/mol. The van der Waals surface area contributed by atoms with Crippen LogP contribution in [0.1, 0.15) is 21.1 Å². The number of rotatable bonds is 6. The summed E-state index contributed by atoms with van der Waals surface area (Å²) in [6, 6.07) is 8.80. The van der Waals surface area contributed by atoms with E-state index in [1.54, 1.807) is 24.3 Å². The average Bonchev–Trinajstić information content (AvgIpc) is 2.86. The number of carboxylic acid groups (broad SMARTS) is 1. The molecule has 0 saturated heterocycles. The first kappa shape index (κ1) is 14.6. The number of hydrogen-bond acceptors (Lipinski definition) is 5. The van der Waals surface area contributed by atoms with Crippen LogP contribution in [0.25, 0.3) is 0 Å². The maximum Gasteiger partial charge on any atom is 0.355 e. The molecule has 6 nitrogen and oxygen atoms in total. The van der Waals surface area contributed by atoms with Crippen molar-refractivity contribution in [2.45, 2.75) is 12.3 Å². The van der Waals surface area contributed by atoms with Gasteiger partial charge >= 0.3 is 5.97 Å². The molecule has 0 amide bonds. The van der Waals surface area contributed by atoms with Crippen molar-refractivity contribution in [3.05, 3.63) is 52.0 Å². The highest BCUT2D eigenvalue weighted by Crippen LogP contribution is 2.11. The van der Waals surface area contributed by atoms with Crippen LogP contribution in [0.2, 0.25) is 0 Å². The predicted molar refractivity (Wildman–Crippen MR) is 75.0 cm³/mol. The summed E-state index contributed by atoms with van der Waals surface area (Å²) in [6.45, 7) is -0.00683. The zero-order valence-corrected chi connectivity index (χ0v) is 11.9. The van der Waals surface area contributed by atoms with Crippen LogP contribution in [0.5, 0.6) is 0 Å². The topological polar surface area (TPSA) is 96.4 Å². The molecule has 20 heavy (non-hydrogen) atoms. The van der Waals surface area contributed by atoms with Crippen molar-refractivity contribution in [1.82, 2.24) is 9.71 Å². The lowest BCUT2D eigenvalue weighted by Crippen LogP contribution is -2.24. The monoisotopic (exact) mass is 312 g/mol. The highest BCUT2D eigenvalue weighted by atomic mass is 32.2. The predicted octanol–water partition coefficient (Wildman–Crippen LogP) is 1.46. The lowest BCUT2D eigenvalue weighted by atomic mass is 10.2. The molecule has 106 valence electrons. The molecule has 1 aromatic carbocycles. The van der Waals surface area contributed by atoms with Crippen LogP contribution >= 0.6 is 11.3 Å². The number of thiazole rings is 1. The van der Waals surface area contributed by atoms with Crippen LogP contribution in [-0.2, 0) is 22.3 Å². The van der Waals surface area contributed by atoms with Gasteiger partial charge in [-0.05, 0) is 5.56 Å². The molecule has 2 N–H and O–H groups in total. The van der Waals surface area contributed by atoms with Crippen LogP contribution in [0, 0.1) is 0 Å². The van der Waals surface area contributed by atoms with E-state index in [-0.39, 0.29) is 18.0 Å². The number of carboxylic acids is 1. The summed E-state index contributed by atoms with van der Waals surface area (Å²) in [5, 5.41) is 10.5. The molecule has 0 bridgehead atoms. The van der Waals surface area contributed by atoms with Gasteiger partial charge in [-0.1, -0.05) is 30.3 Å². The van der Waals surface area contributed by atoms with Crippen molar-refractivity contribution >= 4 is 27.3 Å². The SMILES string of the molecule is O=C(O)c1csc(CNS(=O)(=O)Cc2ccccc2)n1. The molecule has 8 heteroatoms. The highest BCUT2D eigenvalue weighted by molar-refractivity contribution is 7.88. The van der Waals surface area contributed by atoms with Crippen LogP contribution in [0.3, 0.4) is 0 Å². The Hall–Kier alpha value is -1.77. The number of benzene rings is 1. The minimum absolute atomic E-state index is 0.00683. The van der Waals surface area contributed by atoms with Gasteiger partial charge in [-0.25, -0.2) is 22.9 Å². The second-order valence-corrected chi connectivity index (χ2v) is 6.75. The largest absolute Gasteiger partial charge is 0.476 e. The van der Waals surface area contributed by atoms with E-state index in [1.165, 1.54) is 5.38 Å². The molecule has 1 aromatic heterocycles. The van der Waals surface area contributed by atoms with Crippen LogP contribution in [-0.4, -0.2) is 24.5 Å². The number of aromatic nitrogens is 1. The molecule has 0 radical (unpaired) electrons. The van der Waals surface area contributed by atoms with Crippen molar-refractivity contribution in [2.24, 2.45) is 0 Å². The van der Waals surface area contributed by atoms with Gasteiger partial charge in [0.15, 0.2) is 5.69 Å². The summed E-state index contributed by atoms with van der Waals surface area (Å²) in [5.41, 5.74) is 0.609. The molecule has 0 spiro atoms. The zero-order valence-electron chi connectivity index (χ0n) is 10.3. The molecule has 2 rings (SSSR count). The van der Waals surface area contributed by atoms with E-state index < -0.39 is 16.0 Å². The fourth-order valence-electron chi connectivity index (χ4n) is 1.51. The zero-order chi connectivity index (χ0) is 14.6. The molecular formula is C12H12N2O4S2. The molecule has 0 atom stereocenters. The van der Waals surface area contributed by atoms with Crippen molar-refractivity contribution in [2.75, 3.05) is 0 Å². The van der Waals surface area contributed by atoms with E-state index in [0.717, 1.165) is 11.3 Å². The number of carbonyl (C=O) groups is 1. The Morgan fingerprint density at radius 1 is 1.30 bits per heavy atom. The third kappa shape index (κ3) is 4.12. The van der Waals surface area contributed by atoms with E-state index in [1.807, 2.05) is 6.07 Å². The smallest absolute Gasteiger partial charge is 0.355 e. The normalized spacial score (nSPS) is 11.4. The lowest BCUT2D eigenvalue weighted by molar-refractivity contribution is 0.0691. The molecular weight excluding hydrogens is 300 g/mol. The van der Waals surface area contributed by atoms with Crippen molar-refractivity contribution in [1.29, 1.82) is 0 Å². The van der Waals surface area contributed by atoms with Gasteiger partial charge < -0.3 is 5.11 Å². The molecule has 0 aliphatic heterocycles. The quantitative estimate of drug-likeness (QED) is 0.842. The van der Waals surface area contributed by atoms with Gasteiger partial charge in [0.2, 0.25) is 10.0 Å². The number of hydrogen-bond donors (Lipinski definition) is 2. The number of sulfonamides is 1. The van der Waals surface area contributed by atoms with Crippen molar-refractivity contribution in [3.8, 4) is 0 Å². The fraction of sp³-hybridized carbons (Fsp3) is 0.167. The van der Waals surface area contributed by atoms with Gasteiger partial charge in [0.1, 0.15) is 5.01 Å². The lowest BCUT2D eigenvalue weighted by Gasteiger charge is -2.05. The third-order valence-electron chi connectivity index (χ3n) is 2.41. The Bertz CT molecular complexity index is 695. The number of nitrogens with one attached hydrogen (secondary N) is 1. The summed E-state index contributed by atoms with van der Waals surface area (Å²) in [7, 11) is -3.47. The Morgan fingerprint density at radius 2 is 2.00 bits per heavy atom. The third-order valence-corrected chi connectivity index (χ3v) is 4.56. The first-order valence-corrected chi connectivity index (χ1v) is 8.18. The fourth-order valence-corrected chi connectivity index (χ4v) is 3.40. The van der Waals surface area contributed by atoms with E-state index in [9.17, 15) is 13.2 Å². The van der Waals surface area contributed by atoms with Crippen LogP contribution in [0.4, 0.5) is 0 Å². The van der Waals surface area contributed by atoms with E-state index in [0.29, 0.717) is 10.6 Å². The number of aromatic carboxylic acids is 1. The van der Waals surface area contributed by atoms with Gasteiger partial charge in [-0.15, -0.1) is 11.3 Å². The molecule has 2 aromatic rings. The van der Waals surface area contributed by atoms with E-state index in [2.05, 4.69) is 9.71 Å². The second kappa shape index (κ2) is 6.12. The maximum atomic E-state index is 11.9. The summed E-state index contributed by atoms with van der Waals surface area (Å²) in [5.74, 6) is -1.25. The molecule has 0 unspecified atom stereocenters. The van der Waals surface area contributed by atoms with Gasteiger partial charge in [-0.3, -0.25) is 0 Å². The van der Waals surface area contributed by atoms with Gasteiger partial charge in [0.25, 0.3) is 0 Å². The Labute approximate surface area is 120 Å². The maximum absolute atomic E-state index is 11.9. The highest BCUT2D eigenvalue weighted by Gasteiger charge is 2.13. The van der Waals surface area contributed by atoms with Crippen LogP contribution in [0.15, 0.2) is 35.7 Å². The standard InChI is InChI=1S/C12H12N2O4S2/c15-12(16)10-7-19-11(14-10)6-13-20(17,18)8-9-4-2-1-3-5-9/h1-5,7,13H,6,8H2,(H,15,16). The molecule has 0 fully saturated rings. The van der Waals surface area contributed by atoms with Gasteiger partial charge in [0.05, 0.1) is 12.3 Å². The minimum Gasteiger partial charge on any atom is -0.476 e.